The van der Waals surface area contributed by atoms with Gasteiger partial charge < -0.3 is 10.2 Å². The summed E-state index contributed by atoms with van der Waals surface area (Å²) in [5.74, 6) is 0.735. The van der Waals surface area contributed by atoms with Gasteiger partial charge in [0, 0.05) is 17.6 Å². The van der Waals surface area contributed by atoms with Crippen LogP contribution in [-0.4, -0.2) is 25.0 Å². The van der Waals surface area contributed by atoms with Crippen molar-refractivity contribution in [1.29, 1.82) is 0 Å². The quantitative estimate of drug-likeness (QED) is 0.820. The summed E-state index contributed by atoms with van der Waals surface area (Å²) >= 11 is 0. The molecule has 3 nitrogen and oxygen atoms in total. The summed E-state index contributed by atoms with van der Waals surface area (Å²) in [4.78, 5) is 14.7. The van der Waals surface area contributed by atoms with Crippen molar-refractivity contribution in [1.82, 2.24) is 5.32 Å². The molecule has 2 aliphatic rings. The summed E-state index contributed by atoms with van der Waals surface area (Å²) in [6, 6.07) is 10.4. The summed E-state index contributed by atoms with van der Waals surface area (Å²) in [7, 11) is 0. The van der Waals surface area contributed by atoms with E-state index in [1.54, 1.807) is 0 Å². The second-order valence-corrected chi connectivity index (χ2v) is 5.90. The van der Waals surface area contributed by atoms with Crippen LogP contribution in [0.4, 0.5) is 5.69 Å². The van der Waals surface area contributed by atoms with Crippen LogP contribution in [0, 0.1) is 11.3 Å². The molecule has 96 valence electrons. The fourth-order valence-electron chi connectivity index (χ4n) is 3.47. The van der Waals surface area contributed by atoms with Gasteiger partial charge in [-0.1, -0.05) is 32.0 Å². The Morgan fingerprint density at radius 1 is 1.28 bits per heavy atom. The normalized spacial score (nSPS) is 30.3. The minimum absolute atomic E-state index is 0.234. The Bertz CT molecular complexity index is 455. The molecule has 1 aromatic carbocycles. The molecule has 0 aromatic heterocycles. The van der Waals surface area contributed by atoms with Gasteiger partial charge in [-0.05, 0) is 31.0 Å². The average molecular weight is 244 g/mol. The van der Waals surface area contributed by atoms with Crippen molar-refractivity contribution in [2.24, 2.45) is 11.3 Å². The fourth-order valence-corrected chi connectivity index (χ4v) is 3.47. The highest BCUT2D eigenvalue weighted by molar-refractivity contribution is 6.00. The van der Waals surface area contributed by atoms with Crippen molar-refractivity contribution in [3.05, 3.63) is 30.3 Å². The summed E-state index contributed by atoms with van der Waals surface area (Å²) in [5, 5.41) is 3.42. The van der Waals surface area contributed by atoms with Crippen LogP contribution < -0.4 is 10.2 Å². The lowest BCUT2D eigenvalue weighted by Crippen LogP contribution is -2.47. The maximum Gasteiger partial charge on any atom is 0.233 e. The number of carbonyl (C=O) groups excluding carboxylic acids is 1. The Morgan fingerprint density at radius 2 is 2.00 bits per heavy atom. The first-order valence-corrected chi connectivity index (χ1v) is 6.72. The number of hydrogen-bond acceptors (Lipinski definition) is 2. The number of piperidine rings is 1. The van der Waals surface area contributed by atoms with Gasteiger partial charge in [-0.25, -0.2) is 0 Å². The lowest BCUT2D eigenvalue weighted by molar-refractivity contribution is -0.125. The van der Waals surface area contributed by atoms with Gasteiger partial charge in [-0.2, -0.15) is 0 Å². The first-order chi connectivity index (χ1) is 8.62. The third kappa shape index (κ3) is 1.57. The predicted octanol–water partition coefficient (Wildman–Crippen LogP) is 2.04. The zero-order valence-corrected chi connectivity index (χ0v) is 11.0. The minimum atomic E-state index is -0.234. The Balaban J connectivity index is 2.02. The second kappa shape index (κ2) is 4.09. The molecule has 2 atom stereocenters. The summed E-state index contributed by atoms with van der Waals surface area (Å²) in [5.41, 5.74) is 0.801. The van der Waals surface area contributed by atoms with Crippen LogP contribution in [0.3, 0.4) is 0 Å². The van der Waals surface area contributed by atoms with E-state index in [2.05, 4.69) is 19.2 Å². The molecule has 2 heterocycles. The van der Waals surface area contributed by atoms with Gasteiger partial charge >= 0.3 is 0 Å². The third-order valence-corrected chi connectivity index (χ3v) is 4.51. The molecule has 0 saturated carbocycles. The van der Waals surface area contributed by atoms with Crippen LogP contribution in [0.1, 0.15) is 20.3 Å². The molecule has 3 heteroatoms. The number of rotatable bonds is 1. The van der Waals surface area contributed by atoms with Gasteiger partial charge in [-0.3, -0.25) is 4.79 Å². The average Bonchev–Trinajstić information content (AvgIpc) is 2.60. The smallest absolute Gasteiger partial charge is 0.233 e. The molecule has 1 amide bonds. The fraction of sp³-hybridized carbons (Fsp3) is 0.533. The first kappa shape index (κ1) is 11.7. The molecule has 1 aromatic rings. The number of fused-ring (bicyclic) bond motifs is 1. The Kier molecular flexibility index (Phi) is 2.67. The van der Waals surface area contributed by atoms with Crippen LogP contribution in [-0.2, 0) is 4.79 Å². The van der Waals surface area contributed by atoms with E-state index in [0.717, 1.165) is 25.2 Å². The molecule has 1 N–H and O–H groups in total. The van der Waals surface area contributed by atoms with Gasteiger partial charge in [-0.15, -0.1) is 0 Å². The molecule has 2 fully saturated rings. The van der Waals surface area contributed by atoms with Crippen LogP contribution in [0.5, 0.6) is 0 Å². The molecule has 0 aliphatic carbocycles. The third-order valence-electron chi connectivity index (χ3n) is 4.51. The van der Waals surface area contributed by atoms with Crippen molar-refractivity contribution in [3.63, 3.8) is 0 Å². The van der Waals surface area contributed by atoms with Gasteiger partial charge in [0.2, 0.25) is 5.91 Å². The van der Waals surface area contributed by atoms with Crippen LogP contribution in [0.25, 0.3) is 0 Å². The molecule has 18 heavy (non-hydrogen) atoms. The molecule has 0 spiro atoms. The molecule has 2 aliphatic heterocycles. The summed E-state index contributed by atoms with van der Waals surface area (Å²) in [6.07, 6.45) is 1.09. The van der Waals surface area contributed by atoms with Crippen molar-refractivity contribution in [2.45, 2.75) is 26.3 Å². The van der Waals surface area contributed by atoms with Crippen LogP contribution in [0.2, 0.25) is 0 Å². The Labute approximate surface area is 108 Å². The number of benzene rings is 1. The van der Waals surface area contributed by atoms with Crippen molar-refractivity contribution in [2.75, 3.05) is 18.0 Å². The highest BCUT2D eigenvalue weighted by Crippen LogP contribution is 2.45. The standard InChI is InChI=1S/C15H20N2O/c1-15(2)12-8-9-16-10-13(12)17(14(15)18)11-6-4-3-5-7-11/h3-7,12-13,16H,8-10H2,1-2H3. The number of anilines is 1. The predicted molar refractivity (Wildman–Crippen MR) is 72.5 cm³/mol. The number of nitrogens with one attached hydrogen (secondary N) is 1. The zero-order chi connectivity index (χ0) is 12.8. The van der Waals surface area contributed by atoms with E-state index < -0.39 is 0 Å². The number of nitrogens with zero attached hydrogens (tertiary/aromatic N) is 1. The van der Waals surface area contributed by atoms with Crippen molar-refractivity contribution < 1.29 is 4.79 Å². The maximum absolute atomic E-state index is 12.7. The highest BCUT2D eigenvalue weighted by Gasteiger charge is 2.54. The van der Waals surface area contributed by atoms with Crippen LogP contribution in [0.15, 0.2) is 30.3 Å². The number of amides is 1. The van der Waals surface area contributed by atoms with E-state index in [9.17, 15) is 4.79 Å². The maximum atomic E-state index is 12.7. The van der Waals surface area contributed by atoms with Gasteiger partial charge in [0.05, 0.1) is 6.04 Å². The molecule has 0 radical (unpaired) electrons. The SMILES string of the molecule is CC1(C)C(=O)N(c2ccccc2)C2CNCCC21. The van der Waals surface area contributed by atoms with Crippen molar-refractivity contribution >= 4 is 11.6 Å². The molecule has 0 bridgehead atoms. The summed E-state index contributed by atoms with van der Waals surface area (Å²) in [6.45, 7) is 6.14. The zero-order valence-electron chi connectivity index (χ0n) is 11.0. The Morgan fingerprint density at radius 3 is 2.72 bits per heavy atom. The van der Waals surface area contributed by atoms with Crippen LogP contribution >= 0.6 is 0 Å². The van der Waals surface area contributed by atoms with Gasteiger partial charge in [0.1, 0.15) is 0 Å². The van der Waals surface area contributed by atoms with E-state index in [1.165, 1.54) is 0 Å². The highest BCUT2D eigenvalue weighted by atomic mass is 16.2. The Hall–Kier alpha value is -1.35. The minimum Gasteiger partial charge on any atom is -0.315 e. The summed E-state index contributed by atoms with van der Waals surface area (Å²) < 4.78 is 0. The van der Waals surface area contributed by atoms with E-state index in [1.807, 2.05) is 35.2 Å². The van der Waals surface area contributed by atoms with E-state index >= 15 is 0 Å². The molecular weight excluding hydrogens is 224 g/mol. The molecule has 3 rings (SSSR count). The lowest BCUT2D eigenvalue weighted by Gasteiger charge is -2.33. The van der Waals surface area contributed by atoms with Gasteiger partial charge in [0.15, 0.2) is 0 Å². The van der Waals surface area contributed by atoms with Gasteiger partial charge in [0.25, 0.3) is 0 Å². The molecule has 2 unspecified atom stereocenters. The topological polar surface area (TPSA) is 32.3 Å². The van der Waals surface area contributed by atoms with E-state index in [0.29, 0.717) is 12.0 Å². The van der Waals surface area contributed by atoms with E-state index in [-0.39, 0.29) is 11.3 Å². The monoisotopic (exact) mass is 244 g/mol. The number of carbonyl (C=O) groups is 1. The molecule has 2 saturated heterocycles. The molecular formula is C15H20N2O. The largest absolute Gasteiger partial charge is 0.315 e. The lowest BCUT2D eigenvalue weighted by atomic mass is 9.75. The van der Waals surface area contributed by atoms with E-state index in [4.69, 9.17) is 0 Å². The second-order valence-electron chi connectivity index (χ2n) is 5.90. The number of hydrogen-bond donors (Lipinski definition) is 1. The first-order valence-electron chi connectivity index (χ1n) is 6.72. The van der Waals surface area contributed by atoms with Crippen molar-refractivity contribution in [3.8, 4) is 0 Å². The number of para-hydroxylation sites is 1.